The molecule has 0 saturated heterocycles. The van der Waals surface area contributed by atoms with E-state index in [-0.39, 0.29) is 19.4 Å². The van der Waals surface area contributed by atoms with Gasteiger partial charge in [-0.2, -0.15) is 5.90 Å². The Hall–Kier alpha value is -2.79. The highest BCUT2D eigenvalue weighted by molar-refractivity contribution is 6.27. The van der Waals surface area contributed by atoms with Crippen LogP contribution in [0.3, 0.4) is 0 Å². The highest BCUT2D eigenvalue weighted by atomic mass is 16.8. The molecule has 0 aromatic carbocycles. The van der Waals surface area contributed by atoms with Crippen LogP contribution in [0.2, 0.25) is 0 Å². The van der Waals surface area contributed by atoms with E-state index in [4.69, 9.17) is 10.7 Å². The van der Waals surface area contributed by atoms with Crippen LogP contribution in [0.25, 0.3) is 0 Å². The Morgan fingerprint density at radius 2 is 1.91 bits per heavy atom. The van der Waals surface area contributed by atoms with Gasteiger partial charge in [0.05, 0.1) is 13.1 Å². The summed E-state index contributed by atoms with van der Waals surface area (Å²) in [4.78, 5) is 64.0. The van der Waals surface area contributed by atoms with Crippen molar-refractivity contribution in [2.24, 2.45) is 5.90 Å². The summed E-state index contributed by atoms with van der Waals surface area (Å²) in [6.45, 7) is 3.49. The summed E-state index contributed by atoms with van der Waals surface area (Å²) >= 11 is 0. The van der Waals surface area contributed by atoms with Crippen LogP contribution < -0.4 is 16.5 Å². The normalized spacial score (nSPS) is 11.1. The number of aldehydes is 2. The van der Waals surface area contributed by atoms with E-state index in [9.17, 15) is 24.0 Å². The van der Waals surface area contributed by atoms with Crippen molar-refractivity contribution in [1.29, 1.82) is 0 Å². The van der Waals surface area contributed by atoms with Crippen LogP contribution in [0.5, 0.6) is 0 Å². The topological polar surface area (TPSA) is 157 Å². The largest absolute Gasteiger partial charge is 0.373 e. The third-order valence-electron chi connectivity index (χ3n) is 2.44. The molecule has 0 spiro atoms. The minimum atomic E-state index is -1.12. The van der Waals surface area contributed by atoms with Gasteiger partial charge in [-0.1, -0.05) is 0 Å². The predicted octanol–water partition coefficient (Wildman–Crippen LogP) is -2.83. The third kappa shape index (κ3) is 8.28. The number of hydroxylamine groups is 2. The number of ketones is 1. The van der Waals surface area contributed by atoms with Crippen LogP contribution in [-0.2, 0) is 33.6 Å². The number of nitrogens with zero attached hydrogens (tertiary/aromatic N) is 1. The molecule has 0 heterocycles. The smallest absolute Gasteiger partial charge is 0.311 e. The first-order valence-electron chi connectivity index (χ1n) is 6.32. The van der Waals surface area contributed by atoms with E-state index in [1.54, 1.807) is 0 Å². The lowest BCUT2D eigenvalue weighted by molar-refractivity contribution is -0.193. The highest BCUT2D eigenvalue weighted by Gasteiger charge is 2.26. The van der Waals surface area contributed by atoms with Gasteiger partial charge >= 0.3 is 5.95 Å². The molecule has 0 aromatic rings. The first-order valence-corrected chi connectivity index (χ1v) is 6.32. The minimum absolute atomic E-state index is 0.0673. The summed E-state index contributed by atoms with van der Waals surface area (Å²) in [7, 11) is 0. The maximum atomic E-state index is 11.7. The molecule has 0 fully saturated rings. The molecule has 0 saturated carbocycles. The number of amides is 2. The van der Waals surface area contributed by atoms with Crippen molar-refractivity contribution < 1.29 is 33.6 Å². The first-order chi connectivity index (χ1) is 10.8. The zero-order valence-corrected chi connectivity index (χ0v) is 12.4. The molecule has 0 radical (unpaired) electrons. The fraction of sp³-hybridized carbons (Fsp3) is 0.417. The Morgan fingerprint density at radius 1 is 1.26 bits per heavy atom. The number of rotatable bonds is 12. The molecular weight excluding hydrogens is 312 g/mol. The number of carbonyl (C=O) groups excluding carboxylic acids is 5. The number of hydrogen-bond acceptors (Lipinski definition) is 9. The van der Waals surface area contributed by atoms with Crippen LogP contribution in [-0.4, -0.2) is 60.9 Å². The Bertz CT molecular complexity index is 480. The second-order valence-corrected chi connectivity index (χ2v) is 4.10. The van der Waals surface area contributed by atoms with Crippen molar-refractivity contribution in [1.82, 2.24) is 15.7 Å². The quantitative estimate of drug-likeness (QED) is 0.148. The van der Waals surface area contributed by atoms with Crippen LogP contribution in [0.15, 0.2) is 12.5 Å². The van der Waals surface area contributed by atoms with Crippen LogP contribution in [0, 0.1) is 0 Å². The maximum Gasteiger partial charge on any atom is 0.311 e. The van der Waals surface area contributed by atoms with Gasteiger partial charge in [-0.05, 0) is 13.5 Å². The summed E-state index contributed by atoms with van der Waals surface area (Å²) in [5.41, 5.74) is 0. The van der Waals surface area contributed by atoms with Gasteiger partial charge in [0.15, 0.2) is 6.29 Å². The second-order valence-electron chi connectivity index (χ2n) is 4.10. The van der Waals surface area contributed by atoms with Gasteiger partial charge in [-0.15, -0.1) is 5.06 Å². The van der Waals surface area contributed by atoms with Gasteiger partial charge in [-0.25, -0.2) is 0 Å². The third-order valence-corrected chi connectivity index (χ3v) is 2.44. The fourth-order valence-corrected chi connectivity index (χ4v) is 1.24. The van der Waals surface area contributed by atoms with E-state index in [0.29, 0.717) is 6.29 Å². The Labute approximate surface area is 131 Å². The van der Waals surface area contributed by atoms with E-state index in [1.807, 2.05) is 0 Å². The predicted molar refractivity (Wildman–Crippen MR) is 74.8 cm³/mol. The Kier molecular flexibility index (Phi) is 9.55. The summed E-state index contributed by atoms with van der Waals surface area (Å²) in [5.74, 6) is 2.28. The SMILES string of the molecule is C=C(ON)ON(CC(=O)NCC(=O)NCC=O)C(C)C(=O)C=O. The van der Waals surface area contributed by atoms with E-state index in [1.165, 1.54) is 6.92 Å². The summed E-state index contributed by atoms with van der Waals surface area (Å²) in [6, 6.07) is -1.12. The number of nitrogens with two attached hydrogens (primary N) is 1. The molecule has 0 bridgehead atoms. The second kappa shape index (κ2) is 10.9. The zero-order valence-electron chi connectivity index (χ0n) is 12.4. The van der Waals surface area contributed by atoms with Crippen molar-refractivity contribution >= 4 is 30.2 Å². The van der Waals surface area contributed by atoms with Gasteiger partial charge in [0.2, 0.25) is 17.6 Å². The first kappa shape index (κ1) is 20.2. The average molecular weight is 330 g/mol. The number of nitrogens with one attached hydrogen (secondary N) is 2. The molecule has 128 valence electrons. The van der Waals surface area contributed by atoms with Crippen molar-refractivity contribution in [2.75, 3.05) is 19.6 Å². The lowest BCUT2D eigenvalue weighted by Crippen LogP contribution is -2.47. The molecule has 11 heteroatoms. The average Bonchev–Trinajstić information content (AvgIpc) is 2.55. The molecule has 2 amide bonds. The molecule has 23 heavy (non-hydrogen) atoms. The molecule has 0 rings (SSSR count). The maximum absolute atomic E-state index is 11.7. The summed E-state index contributed by atoms with van der Waals surface area (Å²) < 4.78 is 0. The van der Waals surface area contributed by atoms with Crippen molar-refractivity contribution in [3.63, 3.8) is 0 Å². The number of hydrogen-bond donors (Lipinski definition) is 3. The summed E-state index contributed by atoms with van der Waals surface area (Å²) in [6.07, 6.45) is 0.554. The Morgan fingerprint density at radius 3 is 2.43 bits per heavy atom. The molecule has 1 atom stereocenters. The standard InChI is InChI=1S/C12H18N4O7/c1-8(10(19)7-18)16(23-9(2)22-13)6-12(21)15-5-11(20)14-3-4-17/h4,7-8H,2-3,5-6,13H2,1H3,(H,14,20)(H,15,21). The van der Waals surface area contributed by atoms with Crippen molar-refractivity contribution in [3.05, 3.63) is 12.5 Å². The number of carbonyl (C=O) groups is 5. The monoisotopic (exact) mass is 330 g/mol. The van der Waals surface area contributed by atoms with E-state index in [0.717, 1.165) is 5.06 Å². The number of Topliss-reactive ketones (excluding diaryl/α,β-unsaturated/α-hetero) is 1. The molecule has 0 aromatic heterocycles. The van der Waals surface area contributed by atoms with Crippen LogP contribution >= 0.6 is 0 Å². The molecule has 0 aliphatic rings. The van der Waals surface area contributed by atoms with Crippen molar-refractivity contribution in [2.45, 2.75) is 13.0 Å². The lowest BCUT2D eigenvalue weighted by atomic mass is 10.2. The van der Waals surface area contributed by atoms with E-state index < -0.39 is 36.1 Å². The molecule has 0 aliphatic carbocycles. The van der Waals surface area contributed by atoms with Gasteiger partial charge in [0.1, 0.15) is 18.9 Å². The van der Waals surface area contributed by atoms with Crippen LogP contribution in [0.4, 0.5) is 0 Å². The van der Waals surface area contributed by atoms with Crippen molar-refractivity contribution in [3.8, 4) is 0 Å². The van der Waals surface area contributed by atoms with Gasteiger partial charge < -0.3 is 25.1 Å². The van der Waals surface area contributed by atoms with E-state index >= 15 is 0 Å². The molecule has 0 aliphatic heterocycles. The molecule has 1 unspecified atom stereocenters. The fourth-order valence-electron chi connectivity index (χ4n) is 1.24. The molecule has 4 N–H and O–H groups in total. The lowest BCUT2D eigenvalue weighted by Gasteiger charge is -2.25. The van der Waals surface area contributed by atoms with Gasteiger partial charge in [0, 0.05) is 0 Å². The summed E-state index contributed by atoms with van der Waals surface area (Å²) in [5, 5.41) is 5.26. The van der Waals surface area contributed by atoms with E-state index in [2.05, 4.69) is 22.1 Å². The van der Waals surface area contributed by atoms with Crippen LogP contribution in [0.1, 0.15) is 6.92 Å². The minimum Gasteiger partial charge on any atom is -0.373 e. The highest BCUT2D eigenvalue weighted by Crippen LogP contribution is 2.05. The zero-order chi connectivity index (χ0) is 17.8. The van der Waals surface area contributed by atoms with Gasteiger partial charge in [0.25, 0.3) is 0 Å². The van der Waals surface area contributed by atoms with Gasteiger partial charge in [-0.3, -0.25) is 19.2 Å². The Balaban J connectivity index is 4.61. The molecular formula is C12H18N4O7. The molecule has 11 nitrogen and oxygen atoms in total.